The smallest absolute Gasteiger partial charge is 0.102 e. The van der Waals surface area contributed by atoms with Crippen LogP contribution in [0.3, 0.4) is 0 Å². The fraction of sp³-hybridized carbons (Fsp3) is 0. The van der Waals surface area contributed by atoms with E-state index in [-0.39, 0.29) is 0 Å². The van der Waals surface area contributed by atoms with Gasteiger partial charge in [0.15, 0.2) is 0 Å². The predicted octanol–water partition coefficient (Wildman–Crippen LogP) is 11.0. The van der Waals surface area contributed by atoms with Crippen molar-refractivity contribution in [2.75, 3.05) is 0 Å². The topological polar surface area (TPSA) is 57.4 Å². The molecule has 0 saturated heterocycles. The summed E-state index contributed by atoms with van der Waals surface area (Å²) in [6.45, 7) is 0. The van der Waals surface area contributed by atoms with Crippen LogP contribution in [0.4, 0.5) is 0 Å². The van der Waals surface area contributed by atoms with E-state index in [9.17, 15) is 10.5 Å². The first kappa shape index (κ1) is 27.4. The van der Waals surface area contributed by atoms with E-state index in [1.54, 1.807) is 0 Å². The van der Waals surface area contributed by atoms with Crippen molar-refractivity contribution in [3.8, 4) is 45.8 Å². The summed E-state index contributed by atoms with van der Waals surface area (Å²) in [5, 5.41) is 25.2. The number of fused-ring (bicyclic) bond motifs is 6. The number of nitrogens with zero attached hydrogens (tertiary/aromatic N) is 4. The van der Waals surface area contributed by atoms with Crippen molar-refractivity contribution in [1.29, 1.82) is 10.5 Å². The number of hydrogen-bond acceptors (Lipinski definition) is 2. The lowest BCUT2D eigenvalue weighted by molar-refractivity contribution is 1.17. The van der Waals surface area contributed by atoms with Gasteiger partial charge in [-0.2, -0.15) is 10.5 Å². The Morgan fingerprint density at radius 2 is 0.812 bits per heavy atom. The van der Waals surface area contributed by atoms with Crippen LogP contribution in [-0.4, -0.2) is 9.13 Å². The normalized spacial score (nSPS) is 11.3. The second-order valence-corrected chi connectivity index (χ2v) is 11.9. The molecule has 2 heterocycles. The van der Waals surface area contributed by atoms with Gasteiger partial charge in [0.1, 0.15) is 6.07 Å². The highest BCUT2D eigenvalue weighted by Gasteiger charge is 2.21. The van der Waals surface area contributed by atoms with E-state index < -0.39 is 0 Å². The van der Waals surface area contributed by atoms with Crippen LogP contribution in [0.25, 0.3) is 77.2 Å². The number of hydrogen-bond donors (Lipinski definition) is 0. The van der Waals surface area contributed by atoms with Crippen LogP contribution in [0.2, 0.25) is 0 Å². The lowest BCUT2D eigenvalue weighted by atomic mass is 9.90. The summed E-state index contributed by atoms with van der Waals surface area (Å²) in [6.07, 6.45) is 0. The minimum Gasteiger partial charge on any atom is -0.309 e. The van der Waals surface area contributed by atoms with Gasteiger partial charge in [-0.15, -0.1) is 0 Å². The van der Waals surface area contributed by atoms with Crippen LogP contribution in [0, 0.1) is 22.7 Å². The molecule has 0 spiro atoms. The summed E-state index contributed by atoms with van der Waals surface area (Å²) in [5.74, 6) is 0. The van der Waals surface area contributed by atoms with Gasteiger partial charge in [0.05, 0.1) is 50.6 Å². The van der Waals surface area contributed by atoms with Gasteiger partial charge >= 0.3 is 0 Å². The second-order valence-electron chi connectivity index (χ2n) is 11.9. The molecule has 222 valence electrons. The Hall–Kier alpha value is -6.88. The van der Waals surface area contributed by atoms with Gasteiger partial charge in [0, 0.05) is 32.7 Å². The standard InChI is InChI=1S/C44H26N4/c45-27-29-24-25-37-36-17-6-10-22-42(36)48(44(37)26-29)39-19-7-3-14-33(39)31-13-2-1-12-30(31)32-18-11-23-43(38(32)28-46)47-40-20-8-4-15-34(40)35-16-5-9-21-41(35)47/h1-26H. The van der Waals surface area contributed by atoms with Crippen LogP contribution >= 0.6 is 0 Å². The molecular weight excluding hydrogens is 585 g/mol. The molecule has 2 aromatic heterocycles. The van der Waals surface area contributed by atoms with Gasteiger partial charge in [-0.25, -0.2) is 0 Å². The minimum atomic E-state index is 0.615. The van der Waals surface area contributed by atoms with Crippen molar-refractivity contribution in [3.05, 3.63) is 169 Å². The monoisotopic (exact) mass is 610 g/mol. The summed E-state index contributed by atoms with van der Waals surface area (Å²) < 4.78 is 4.48. The van der Waals surface area contributed by atoms with Crippen molar-refractivity contribution >= 4 is 43.6 Å². The molecule has 0 fully saturated rings. The molecule has 9 aromatic rings. The van der Waals surface area contributed by atoms with Crippen LogP contribution in [0.1, 0.15) is 11.1 Å². The first-order chi connectivity index (χ1) is 23.8. The molecule has 9 rings (SSSR count). The van der Waals surface area contributed by atoms with E-state index in [4.69, 9.17) is 0 Å². The van der Waals surface area contributed by atoms with Crippen LogP contribution in [0.5, 0.6) is 0 Å². The molecule has 0 radical (unpaired) electrons. The fourth-order valence-electron chi connectivity index (χ4n) is 7.40. The Kier molecular flexibility index (Phi) is 6.22. The van der Waals surface area contributed by atoms with Crippen molar-refractivity contribution in [3.63, 3.8) is 0 Å². The number of nitriles is 2. The van der Waals surface area contributed by atoms with Crippen molar-refractivity contribution < 1.29 is 0 Å². The highest BCUT2D eigenvalue weighted by atomic mass is 15.0. The molecule has 4 nitrogen and oxygen atoms in total. The molecule has 48 heavy (non-hydrogen) atoms. The average molecular weight is 611 g/mol. The van der Waals surface area contributed by atoms with Gasteiger partial charge in [0.2, 0.25) is 0 Å². The van der Waals surface area contributed by atoms with E-state index in [0.29, 0.717) is 11.1 Å². The van der Waals surface area contributed by atoms with Gasteiger partial charge in [-0.3, -0.25) is 0 Å². The quantitative estimate of drug-likeness (QED) is 0.199. The van der Waals surface area contributed by atoms with Gasteiger partial charge in [-0.1, -0.05) is 115 Å². The fourth-order valence-corrected chi connectivity index (χ4v) is 7.40. The molecule has 7 aromatic carbocycles. The summed E-state index contributed by atoms with van der Waals surface area (Å²) in [4.78, 5) is 0. The third kappa shape index (κ3) is 4.01. The van der Waals surface area contributed by atoms with E-state index in [1.165, 1.54) is 0 Å². The Morgan fingerprint density at radius 3 is 1.42 bits per heavy atom. The lowest BCUT2D eigenvalue weighted by Gasteiger charge is -2.19. The highest BCUT2D eigenvalue weighted by molar-refractivity contribution is 6.11. The molecule has 0 bridgehead atoms. The predicted molar refractivity (Wildman–Crippen MR) is 195 cm³/mol. The third-order valence-electron chi connectivity index (χ3n) is 9.43. The Bertz CT molecular complexity index is 2760. The minimum absolute atomic E-state index is 0.615. The van der Waals surface area contributed by atoms with Crippen LogP contribution in [0.15, 0.2) is 158 Å². The van der Waals surface area contributed by atoms with Gasteiger partial charge in [-0.05, 0) is 53.6 Å². The number of benzene rings is 7. The number of aromatic nitrogens is 2. The first-order valence-corrected chi connectivity index (χ1v) is 15.9. The van der Waals surface area contributed by atoms with E-state index in [1.807, 2.05) is 48.5 Å². The van der Waals surface area contributed by atoms with Crippen LogP contribution < -0.4 is 0 Å². The van der Waals surface area contributed by atoms with Crippen molar-refractivity contribution in [2.45, 2.75) is 0 Å². The van der Waals surface area contributed by atoms with E-state index >= 15 is 0 Å². The molecule has 0 N–H and O–H groups in total. The average Bonchev–Trinajstić information content (AvgIpc) is 3.67. The maximum absolute atomic E-state index is 10.9. The molecule has 0 amide bonds. The van der Waals surface area contributed by atoms with E-state index in [2.05, 4.69) is 130 Å². The lowest BCUT2D eigenvalue weighted by Crippen LogP contribution is -2.01. The zero-order valence-electron chi connectivity index (χ0n) is 25.8. The third-order valence-corrected chi connectivity index (χ3v) is 9.43. The maximum Gasteiger partial charge on any atom is 0.102 e. The zero-order valence-corrected chi connectivity index (χ0v) is 25.8. The molecule has 0 aliphatic rings. The molecule has 0 unspecified atom stereocenters. The Balaban J connectivity index is 1.31. The molecule has 0 saturated carbocycles. The first-order valence-electron chi connectivity index (χ1n) is 15.9. The summed E-state index contributed by atoms with van der Waals surface area (Å²) in [5.41, 5.74) is 11.2. The van der Waals surface area contributed by atoms with Gasteiger partial charge < -0.3 is 9.13 Å². The number of para-hydroxylation sites is 4. The molecule has 0 aliphatic carbocycles. The summed E-state index contributed by atoms with van der Waals surface area (Å²) in [7, 11) is 0. The zero-order chi connectivity index (χ0) is 32.2. The second kappa shape index (κ2) is 10.9. The van der Waals surface area contributed by atoms with Crippen molar-refractivity contribution in [2.24, 2.45) is 0 Å². The Morgan fingerprint density at radius 1 is 0.354 bits per heavy atom. The number of rotatable bonds is 4. The van der Waals surface area contributed by atoms with Crippen LogP contribution in [-0.2, 0) is 0 Å². The maximum atomic E-state index is 10.9. The highest BCUT2D eigenvalue weighted by Crippen LogP contribution is 2.42. The molecule has 0 atom stereocenters. The molecule has 4 heteroatoms. The summed E-state index contributed by atoms with van der Waals surface area (Å²) >= 11 is 0. The molecule has 0 aliphatic heterocycles. The largest absolute Gasteiger partial charge is 0.309 e. The molecular formula is C44H26N4. The van der Waals surface area contributed by atoms with E-state index in [0.717, 1.165) is 77.2 Å². The summed E-state index contributed by atoms with van der Waals surface area (Å²) in [6, 6.07) is 58.8. The SMILES string of the molecule is N#Cc1ccc2c3ccccc3n(-c3ccccc3-c3ccccc3-c3cccc(-n4c5ccccc5c5ccccc54)c3C#N)c2c1. The Labute approximate surface area is 277 Å². The van der Waals surface area contributed by atoms with Crippen molar-refractivity contribution in [1.82, 2.24) is 9.13 Å². The van der Waals surface area contributed by atoms with Gasteiger partial charge in [0.25, 0.3) is 0 Å².